The molecule has 4 heteroatoms. The van der Waals surface area contributed by atoms with Crippen LogP contribution in [0.3, 0.4) is 0 Å². The molecule has 1 aromatic heterocycles. The van der Waals surface area contributed by atoms with Gasteiger partial charge in [-0.25, -0.2) is 0 Å². The topological polar surface area (TPSA) is 9.23 Å². The number of hydrogen-bond acceptors (Lipinski definition) is 3. The van der Waals surface area contributed by atoms with Crippen molar-refractivity contribution < 1.29 is 4.74 Å². The second kappa shape index (κ2) is 3.52. The number of benzene rings is 1. The summed E-state index contributed by atoms with van der Waals surface area (Å²) in [5.41, 5.74) is 0. The molecule has 0 aliphatic carbocycles. The first-order valence-electron chi connectivity index (χ1n) is 3.66. The van der Waals surface area contributed by atoms with E-state index in [1.165, 1.54) is 5.39 Å². The van der Waals surface area contributed by atoms with Gasteiger partial charge in [-0.3, -0.25) is 0 Å². The van der Waals surface area contributed by atoms with Gasteiger partial charge in [-0.2, -0.15) is 0 Å². The highest BCUT2D eigenvalue weighted by atomic mass is 79.9. The Morgan fingerprint density at radius 2 is 2.31 bits per heavy atom. The highest BCUT2D eigenvalue weighted by molar-refractivity contribution is 9.10. The molecular weight excluding hydrogens is 268 g/mol. The molecule has 0 amide bonds. The number of thiophene rings is 1. The third-order valence-corrected chi connectivity index (χ3v) is 3.73. The maximum absolute atomic E-state index is 5.28. The van der Waals surface area contributed by atoms with Crippen molar-refractivity contribution >= 4 is 50.0 Å². The van der Waals surface area contributed by atoms with E-state index in [-0.39, 0.29) is 0 Å². The fourth-order valence-corrected chi connectivity index (χ4v) is 3.47. The van der Waals surface area contributed by atoms with E-state index in [4.69, 9.17) is 4.74 Å². The van der Waals surface area contributed by atoms with E-state index in [0.717, 1.165) is 19.8 Å². The van der Waals surface area contributed by atoms with Crippen molar-refractivity contribution in [2.24, 2.45) is 0 Å². The predicted octanol–water partition coefficient (Wildman–Crippen LogP) is 3.96. The van der Waals surface area contributed by atoms with Crippen LogP contribution >= 0.6 is 39.9 Å². The lowest BCUT2D eigenvalue weighted by Gasteiger charge is -2.05. The van der Waals surface area contributed by atoms with E-state index >= 15 is 0 Å². The summed E-state index contributed by atoms with van der Waals surface area (Å²) >= 11 is 9.51. The summed E-state index contributed by atoms with van der Waals surface area (Å²) in [5, 5.41) is 3.23. The van der Waals surface area contributed by atoms with Crippen LogP contribution in [0, 0.1) is 0 Å². The first-order valence-corrected chi connectivity index (χ1v) is 5.78. The summed E-state index contributed by atoms with van der Waals surface area (Å²) in [6.45, 7) is 0. The smallest absolute Gasteiger partial charge is 0.150 e. The van der Waals surface area contributed by atoms with E-state index in [1.54, 1.807) is 18.4 Å². The van der Waals surface area contributed by atoms with Crippen LogP contribution < -0.4 is 4.74 Å². The molecule has 1 aromatic carbocycles. The van der Waals surface area contributed by atoms with E-state index in [1.807, 2.05) is 11.4 Å². The molecule has 0 unspecified atom stereocenters. The molecule has 1 heterocycles. The largest absolute Gasteiger partial charge is 0.494 e. The van der Waals surface area contributed by atoms with Crippen molar-refractivity contribution in [3.05, 3.63) is 22.0 Å². The lowest BCUT2D eigenvalue weighted by atomic mass is 10.2. The lowest BCUT2D eigenvalue weighted by Crippen LogP contribution is -1.84. The van der Waals surface area contributed by atoms with Crippen molar-refractivity contribution in [3.8, 4) is 5.75 Å². The number of ether oxygens (including phenoxy) is 1. The Kier molecular flexibility index (Phi) is 2.53. The molecular formula is C9H7BrOS2. The second-order valence-corrected chi connectivity index (χ2v) is 4.83. The van der Waals surface area contributed by atoms with E-state index < -0.39 is 0 Å². The zero-order chi connectivity index (χ0) is 9.42. The minimum atomic E-state index is 0.858. The zero-order valence-corrected chi connectivity index (χ0v) is 10.2. The van der Waals surface area contributed by atoms with Gasteiger partial charge in [-0.05, 0) is 17.5 Å². The van der Waals surface area contributed by atoms with Crippen LogP contribution in [-0.2, 0) is 0 Å². The molecule has 0 aliphatic rings. The van der Waals surface area contributed by atoms with Gasteiger partial charge in [0.2, 0.25) is 0 Å². The van der Waals surface area contributed by atoms with Crippen LogP contribution in [0.4, 0.5) is 0 Å². The lowest BCUT2D eigenvalue weighted by molar-refractivity contribution is 0.411. The summed E-state index contributed by atoms with van der Waals surface area (Å²) in [6.07, 6.45) is 0. The SMILES string of the molecule is COc1c(S)cc(Br)c2ccsc12. The number of methoxy groups -OCH3 is 1. The summed E-state index contributed by atoms with van der Waals surface area (Å²) < 4.78 is 7.49. The molecule has 2 rings (SSSR count). The Morgan fingerprint density at radius 1 is 1.54 bits per heavy atom. The van der Waals surface area contributed by atoms with Gasteiger partial charge in [0.05, 0.1) is 11.8 Å². The molecule has 13 heavy (non-hydrogen) atoms. The third kappa shape index (κ3) is 1.47. The molecule has 0 aliphatic heterocycles. The van der Waals surface area contributed by atoms with Crippen LogP contribution in [-0.4, -0.2) is 7.11 Å². The Bertz CT molecular complexity index is 450. The van der Waals surface area contributed by atoms with Crippen LogP contribution in [0.5, 0.6) is 5.75 Å². The molecule has 1 nitrogen and oxygen atoms in total. The standard InChI is InChI=1S/C9H7BrOS2/c1-11-8-7(12)4-6(10)5-2-3-13-9(5)8/h2-4,12H,1H3. The van der Waals surface area contributed by atoms with Crippen molar-refractivity contribution in [1.82, 2.24) is 0 Å². The van der Waals surface area contributed by atoms with Crippen molar-refractivity contribution in [1.29, 1.82) is 0 Å². The molecule has 0 atom stereocenters. The molecule has 0 bridgehead atoms. The highest BCUT2D eigenvalue weighted by Crippen LogP contribution is 2.40. The molecule has 0 spiro atoms. The predicted molar refractivity (Wildman–Crippen MR) is 63.3 cm³/mol. The molecule has 0 saturated heterocycles. The van der Waals surface area contributed by atoms with Crippen molar-refractivity contribution in [2.45, 2.75) is 4.90 Å². The van der Waals surface area contributed by atoms with Crippen molar-refractivity contribution in [2.75, 3.05) is 7.11 Å². The van der Waals surface area contributed by atoms with E-state index in [9.17, 15) is 0 Å². The Balaban J connectivity index is 2.88. The van der Waals surface area contributed by atoms with E-state index in [2.05, 4.69) is 34.6 Å². The van der Waals surface area contributed by atoms with Crippen LogP contribution in [0.1, 0.15) is 0 Å². The number of hydrogen-bond donors (Lipinski definition) is 1. The van der Waals surface area contributed by atoms with Gasteiger partial charge in [0.1, 0.15) is 5.75 Å². The molecule has 0 saturated carbocycles. The minimum absolute atomic E-state index is 0.858. The number of fused-ring (bicyclic) bond motifs is 1. The molecule has 0 radical (unpaired) electrons. The van der Waals surface area contributed by atoms with Gasteiger partial charge in [0, 0.05) is 14.8 Å². The molecule has 68 valence electrons. The summed E-state index contributed by atoms with van der Waals surface area (Å²) in [7, 11) is 1.67. The highest BCUT2D eigenvalue weighted by Gasteiger charge is 2.09. The number of halogens is 1. The fourth-order valence-electron chi connectivity index (χ4n) is 1.25. The van der Waals surface area contributed by atoms with E-state index in [0.29, 0.717) is 0 Å². The van der Waals surface area contributed by atoms with Gasteiger partial charge in [-0.15, -0.1) is 24.0 Å². The summed E-state index contributed by atoms with van der Waals surface area (Å²) in [4.78, 5) is 0.865. The Morgan fingerprint density at radius 3 is 3.00 bits per heavy atom. The molecule has 0 fully saturated rings. The second-order valence-electron chi connectivity index (χ2n) is 2.57. The van der Waals surface area contributed by atoms with Crippen LogP contribution in [0.15, 0.2) is 26.9 Å². The average molecular weight is 275 g/mol. The van der Waals surface area contributed by atoms with Gasteiger partial charge in [0.15, 0.2) is 0 Å². The van der Waals surface area contributed by atoms with Crippen molar-refractivity contribution in [3.63, 3.8) is 0 Å². The maximum Gasteiger partial charge on any atom is 0.150 e. The maximum atomic E-state index is 5.28. The minimum Gasteiger partial charge on any atom is -0.494 e. The molecule has 0 N–H and O–H groups in total. The van der Waals surface area contributed by atoms with Gasteiger partial charge < -0.3 is 4.74 Å². The van der Waals surface area contributed by atoms with Gasteiger partial charge >= 0.3 is 0 Å². The Hall–Kier alpha value is -0.190. The quantitative estimate of drug-likeness (QED) is 0.775. The van der Waals surface area contributed by atoms with Gasteiger partial charge in [-0.1, -0.05) is 15.9 Å². The monoisotopic (exact) mass is 274 g/mol. The summed E-state index contributed by atoms with van der Waals surface area (Å²) in [6, 6.07) is 4.02. The van der Waals surface area contributed by atoms with Gasteiger partial charge in [0.25, 0.3) is 0 Å². The number of thiol groups is 1. The first kappa shape index (κ1) is 9.37. The fraction of sp³-hybridized carbons (Fsp3) is 0.111. The normalized spacial score (nSPS) is 10.7. The molecule has 2 aromatic rings. The first-order chi connectivity index (χ1) is 6.24. The van der Waals surface area contributed by atoms with Crippen LogP contribution in [0.2, 0.25) is 0 Å². The summed E-state index contributed by atoms with van der Waals surface area (Å²) in [5.74, 6) is 0.858. The Labute approximate surface area is 94.3 Å². The average Bonchev–Trinajstić information content (AvgIpc) is 2.53. The zero-order valence-electron chi connectivity index (χ0n) is 6.87. The third-order valence-electron chi connectivity index (χ3n) is 1.83. The number of rotatable bonds is 1. The van der Waals surface area contributed by atoms with Crippen LogP contribution in [0.25, 0.3) is 10.1 Å².